The highest BCUT2D eigenvalue weighted by molar-refractivity contribution is 7.89. The summed E-state index contributed by atoms with van der Waals surface area (Å²) in [5.74, 6) is 0. The molecule has 0 unspecified atom stereocenters. The normalized spacial score (nSPS) is 11.3. The number of hydrogen-bond acceptors (Lipinski definition) is 3. The van der Waals surface area contributed by atoms with E-state index in [1.807, 2.05) is 72.8 Å². The second-order valence-electron chi connectivity index (χ2n) is 4.58. The van der Waals surface area contributed by atoms with E-state index in [0.29, 0.717) is 0 Å². The molecule has 106 valence electrons. The fourth-order valence-electron chi connectivity index (χ4n) is 2.27. The van der Waals surface area contributed by atoms with E-state index >= 15 is 0 Å². The predicted octanol–water partition coefficient (Wildman–Crippen LogP) is 3.40. The molecular weight excluding hydrogens is 299 g/mol. The Morgan fingerprint density at radius 1 is 0.810 bits per heavy atom. The van der Waals surface area contributed by atoms with E-state index in [9.17, 15) is 4.57 Å². The molecule has 0 radical (unpaired) electrons. The number of benzene rings is 2. The van der Waals surface area contributed by atoms with Gasteiger partial charge in [0.15, 0.2) is 12.2 Å². The average molecular weight is 314 g/mol. The zero-order valence-corrected chi connectivity index (χ0v) is 13.3. The minimum Gasteiger partial charge on any atom is -0.487 e. The van der Waals surface area contributed by atoms with Crippen LogP contribution in [0.15, 0.2) is 72.8 Å². The van der Waals surface area contributed by atoms with Crippen molar-refractivity contribution in [2.45, 2.75) is 0 Å². The molecule has 2 aromatic carbocycles. The fourth-order valence-corrected chi connectivity index (χ4v) is 6.52. The van der Waals surface area contributed by atoms with E-state index in [1.54, 1.807) is 7.11 Å². The minimum absolute atomic E-state index is 0.775. The van der Waals surface area contributed by atoms with Gasteiger partial charge in [0.05, 0.1) is 11.7 Å². The number of methoxy groups -OCH3 is 1. The van der Waals surface area contributed by atoms with Gasteiger partial charge >= 0.3 is 0 Å². The Hall–Kier alpha value is -1.83. The molecule has 0 amide bonds. The fraction of sp³-hybridized carbons (Fsp3) is 0.0588. The van der Waals surface area contributed by atoms with Gasteiger partial charge in [0, 0.05) is 10.6 Å². The highest BCUT2D eigenvalue weighted by Crippen LogP contribution is 2.45. The van der Waals surface area contributed by atoms with Crippen molar-refractivity contribution >= 4 is 33.7 Å². The van der Waals surface area contributed by atoms with Crippen LogP contribution in [0.2, 0.25) is 0 Å². The molecule has 0 fully saturated rings. The molecule has 0 bridgehead atoms. The van der Waals surface area contributed by atoms with E-state index < -0.39 is 7.14 Å². The van der Waals surface area contributed by atoms with Crippen LogP contribution in [0, 0.1) is 0 Å². The Balaban J connectivity index is 2.23. The quantitative estimate of drug-likeness (QED) is 0.690. The summed E-state index contributed by atoms with van der Waals surface area (Å²) in [5.41, 5.74) is 0. The monoisotopic (exact) mass is 314 g/mol. The number of ether oxygens (including phenoxy) is 1. The Morgan fingerprint density at radius 3 is 1.76 bits per heavy atom. The molecule has 4 heteroatoms. The van der Waals surface area contributed by atoms with Gasteiger partial charge in [-0.15, -0.1) is 0 Å². The standard InChI is InChI=1S/C17H15O2PS/c1-19-16-12-13-17(21-16)20(18,14-8-4-2-5-9-14)15-10-6-3-7-11-15/h2-13H,1H3. The van der Waals surface area contributed by atoms with Crippen molar-refractivity contribution in [3.8, 4) is 5.06 Å². The first-order valence-electron chi connectivity index (χ1n) is 6.61. The lowest BCUT2D eigenvalue weighted by atomic mass is 10.4. The summed E-state index contributed by atoms with van der Waals surface area (Å²) < 4.78 is 20.0. The molecular formula is C17H15O2PS. The molecule has 0 aliphatic heterocycles. The molecule has 2 nitrogen and oxygen atoms in total. The van der Waals surface area contributed by atoms with Crippen molar-refractivity contribution in [1.82, 2.24) is 0 Å². The molecule has 0 spiro atoms. The third kappa shape index (κ3) is 2.55. The summed E-state index contributed by atoms with van der Waals surface area (Å²) in [6, 6.07) is 23.1. The van der Waals surface area contributed by atoms with E-state index in [2.05, 4.69) is 0 Å². The van der Waals surface area contributed by atoms with Gasteiger partial charge in [0.1, 0.15) is 0 Å². The molecule has 0 atom stereocenters. The summed E-state index contributed by atoms with van der Waals surface area (Å²) in [4.78, 5) is 0. The van der Waals surface area contributed by atoms with Gasteiger partial charge < -0.3 is 9.30 Å². The largest absolute Gasteiger partial charge is 0.487 e. The Bertz CT molecular complexity index is 722. The van der Waals surface area contributed by atoms with Crippen molar-refractivity contribution < 1.29 is 9.30 Å². The van der Waals surface area contributed by atoms with Crippen LogP contribution in [0.1, 0.15) is 0 Å². The molecule has 0 saturated carbocycles. The molecule has 0 saturated heterocycles. The number of thiophene rings is 1. The first-order valence-corrected chi connectivity index (χ1v) is 9.13. The first-order chi connectivity index (χ1) is 10.2. The molecule has 3 aromatic rings. The molecule has 3 rings (SSSR count). The zero-order valence-electron chi connectivity index (χ0n) is 11.6. The maximum Gasteiger partial charge on any atom is 0.180 e. The maximum absolute atomic E-state index is 13.9. The van der Waals surface area contributed by atoms with Gasteiger partial charge in [-0.25, -0.2) is 0 Å². The van der Waals surface area contributed by atoms with Crippen LogP contribution in [-0.4, -0.2) is 7.11 Å². The first kappa shape index (κ1) is 14.1. The lowest BCUT2D eigenvalue weighted by Crippen LogP contribution is -2.22. The summed E-state index contributed by atoms with van der Waals surface area (Å²) in [6.07, 6.45) is 0. The average Bonchev–Trinajstić information content (AvgIpc) is 3.05. The van der Waals surface area contributed by atoms with Crippen molar-refractivity contribution in [1.29, 1.82) is 0 Å². The van der Waals surface area contributed by atoms with Crippen LogP contribution in [-0.2, 0) is 4.57 Å². The maximum atomic E-state index is 13.9. The number of rotatable bonds is 4. The highest BCUT2D eigenvalue weighted by atomic mass is 32.1. The van der Waals surface area contributed by atoms with Crippen molar-refractivity contribution in [3.63, 3.8) is 0 Å². The third-order valence-corrected chi connectivity index (χ3v) is 8.03. The van der Waals surface area contributed by atoms with E-state index in [0.717, 1.165) is 20.3 Å². The molecule has 0 N–H and O–H groups in total. The Labute approximate surface area is 128 Å². The second-order valence-corrected chi connectivity index (χ2v) is 8.66. The van der Waals surface area contributed by atoms with Crippen LogP contribution in [0.5, 0.6) is 5.06 Å². The topological polar surface area (TPSA) is 26.3 Å². The zero-order chi connectivity index (χ0) is 14.7. The molecule has 1 heterocycles. The van der Waals surface area contributed by atoms with Crippen LogP contribution >= 0.6 is 18.5 Å². The van der Waals surface area contributed by atoms with Gasteiger partial charge in [-0.05, 0) is 12.1 Å². The predicted molar refractivity (Wildman–Crippen MR) is 90.3 cm³/mol. The smallest absolute Gasteiger partial charge is 0.180 e. The molecule has 0 aliphatic carbocycles. The van der Waals surface area contributed by atoms with Gasteiger partial charge in [-0.2, -0.15) is 0 Å². The summed E-state index contributed by atoms with van der Waals surface area (Å²) in [7, 11) is -1.20. The number of hydrogen-bond donors (Lipinski definition) is 0. The van der Waals surface area contributed by atoms with E-state index in [4.69, 9.17) is 4.74 Å². The molecule has 21 heavy (non-hydrogen) atoms. The van der Waals surface area contributed by atoms with E-state index in [-0.39, 0.29) is 0 Å². The van der Waals surface area contributed by atoms with Crippen molar-refractivity contribution in [2.24, 2.45) is 0 Å². The summed E-state index contributed by atoms with van der Waals surface area (Å²) in [5, 5.41) is 2.47. The Kier molecular flexibility index (Phi) is 3.96. The second kappa shape index (κ2) is 5.88. The summed E-state index contributed by atoms with van der Waals surface area (Å²) >= 11 is 1.44. The lowest BCUT2D eigenvalue weighted by Gasteiger charge is -2.17. The molecule has 1 aromatic heterocycles. The van der Waals surface area contributed by atoms with Crippen LogP contribution in [0.25, 0.3) is 0 Å². The summed E-state index contributed by atoms with van der Waals surface area (Å²) in [6.45, 7) is 0. The minimum atomic E-state index is -2.83. The van der Waals surface area contributed by atoms with Crippen molar-refractivity contribution in [3.05, 3.63) is 72.8 Å². The van der Waals surface area contributed by atoms with Crippen LogP contribution in [0.4, 0.5) is 0 Å². The van der Waals surface area contributed by atoms with E-state index in [1.165, 1.54) is 11.3 Å². The van der Waals surface area contributed by atoms with Gasteiger partial charge in [-0.1, -0.05) is 72.0 Å². The van der Waals surface area contributed by atoms with Crippen LogP contribution in [0.3, 0.4) is 0 Å². The van der Waals surface area contributed by atoms with Gasteiger partial charge in [0.2, 0.25) is 0 Å². The lowest BCUT2D eigenvalue weighted by molar-refractivity contribution is 0.427. The van der Waals surface area contributed by atoms with Gasteiger partial charge in [-0.3, -0.25) is 0 Å². The highest BCUT2D eigenvalue weighted by Gasteiger charge is 2.31. The SMILES string of the molecule is COc1ccc(P(=O)(c2ccccc2)c2ccccc2)s1. The van der Waals surface area contributed by atoms with Crippen molar-refractivity contribution in [2.75, 3.05) is 7.11 Å². The van der Waals surface area contributed by atoms with Crippen LogP contribution < -0.4 is 20.0 Å². The third-order valence-electron chi connectivity index (χ3n) is 3.32. The Morgan fingerprint density at radius 2 is 1.33 bits per heavy atom. The molecule has 0 aliphatic rings. The van der Waals surface area contributed by atoms with Gasteiger partial charge in [0.25, 0.3) is 0 Å².